The molecule has 2 aliphatic carbocycles. The second-order valence-electron chi connectivity index (χ2n) is 10.5. The third-order valence-electron chi connectivity index (χ3n) is 8.26. The van der Waals surface area contributed by atoms with Gasteiger partial charge in [-0.15, -0.1) is 0 Å². The van der Waals surface area contributed by atoms with E-state index in [4.69, 9.17) is 4.98 Å². The molecule has 178 valence electrons. The van der Waals surface area contributed by atoms with Gasteiger partial charge in [-0.05, 0) is 87.0 Å². The fraction of sp³-hybridized carbons (Fsp3) is 0.538. The van der Waals surface area contributed by atoms with Gasteiger partial charge in [-0.2, -0.15) is 5.10 Å². The summed E-state index contributed by atoms with van der Waals surface area (Å²) >= 11 is 0. The van der Waals surface area contributed by atoms with Crippen LogP contribution in [0, 0.1) is 31.6 Å². The third-order valence-corrected chi connectivity index (χ3v) is 8.26. The van der Waals surface area contributed by atoms with Crippen molar-refractivity contribution in [2.75, 3.05) is 18.0 Å². The molecule has 2 unspecified atom stereocenters. The normalized spacial score (nSPS) is 28.7. The molecule has 8 nitrogen and oxygen atoms in total. The maximum absolute atomic E-state index is 11.5. The van der Waals surface area contributed by atoms with Crippen LogP contribution in [-0.2, 0) is 4.79 Å². The number of carboxylic acids is 1. The summed E-state index contributed by atoms with van der Waals surface area (Å²) in [5.74, 6) is 2.23. The average molecular weight is 462 g/mol. The molecule has 4 heterocycles. The van der Waals surface area contributed by atoms with Crippen LogP contribution in [0.25, 0.3) is 16.7 Å². The Morgan fingerprint density at radius 3 is 2.41 bits per heavy atom. The molecule has 2 atom stereocenters. The number of piperidine rings is 2. The number of rotatable bonds is 4. The number of carboxylic acid groups (broad SMARTS) is 1. The van der Waals surface area contributed by atoms with E-state index in [1.165, 1.54) is 11.1 Å². The summed E-state index contributed by atoms with van der Waals surface area (Å²) in [4.78, 5) is 23.1. The number of hydrogen-bond acceptors (Lipinski definition) is 6. The molecule has 2 saturated carbocycles. The van der Waals surface area contributed by atoms with Crippen LogP contribution in [0.15, 0.2) is 24.4 Å². The van der Waals surface area contributed by atoms with Gasteiger partial charge < -0.3 is 15.1 Å². The molecule has 2 saturated heterocycles. The van der Waals surface area contributed by atoms with E-state index in [2.05, 4.69) is 34.0 Å². The summed E-state index contributed by atoms with van der Waals surface area (Å²) in [6, 6.07) is 6.44. The van der Waals surface area contributed by atoms with Crippen molar-refractivity contribution < 1.29 is 15.0 Å². The first kappa shape index (κ1) is 21.5. The fourth-order valence-electron chi connectivity index (χ4n) is 6.50. The molecule has 8 heteroatoms. The van der Waals surface area contributed by atoms with E-state index in [0.29, 0.717) is 11.7 Å². The minimum atomic E-state index is -0.665. The van der Waals surface area contributed by atoms with E-state index >= 15 is 0 Å². The van der Waals surface area contributed by atoms with Gasteiger partial charge in [-0.3, -0.25) is 4.79 Å². The van der Waals surface area contributed by atoms with Gasteiger partial charge in [0.25, 0.3) is 0 Å². The van der Waals surface area contributed by atoms with Gasteiger partial charge in [0.05, 0.1) is 23.7 Å². The molecule has 2 aromatic heterocycles. The number of aliphatic hydroxyl groups is 1. The van der Waals surface area contributed by atoms with Crippen molar-refractivity contribution in [1.29, 1.82) is 0 Å². The Balaban J connectivity index is 1.34. The Morgan fingerprint density at radius 1 is 1.00 bits per heavy atom. The number of hydrogen-bond donors (Lipinski definition) is 2. The summed E-state index contributed by atoms with van der Waals surface area (Å²) in [5, 5.41) is 25.2. The van der Waals surface area contributed by atoms with E-state index in [0.717, 1.165) is 67.7 Å². The summed E-state index contributed by atoms with van der Waals surface area (Å²) in [6.07, 6.45) is 6.45. The molecule has 0 radical (unpaired) electrons. The average Bonchev–Trinajstić information content (AvgIpc) is 3.21. The molecule has 3 aromatic rings. The molecule has 34 heavy (non-hydrogen) atoms. The fourth-order valence-corrected chi connectivity index (χ4v) is 6.50. The first-order chi connectivity index (χ1) is 16.4. The van der Waals surface area contributed by atoms with Crippen LogP contribution in [0.2, 0.25) is 0 Å². The molecule has 4 fully saturated rings. The van der Waals surface area contributed by atoms with E-state index in [9.17, 15) is 15.0 Å². The van der Waals surface area contributed by atoms with Gasteiger partial charge in [-0.1, -0.05) is 0 Å². The lowest BCUT2D eigenvalue weighted by Crippen LogP contribution is -2.58. The van der Waals surface area contributed by atoms with Gasteiger partial charge in [0.1, 0.15) is 11.6 Å². The van der Waals surface area contributed by atoms with Crippen LogP contribution in [0.5, 0.6) is 0 Å². The second kappa shape index (κ2) is 8.05. The topological polar surface area (TPSA) is 104 Å². The monoisotopic (exact) mass is 461 g/mol. The highest BCUT2D eigenvalue weighted by molar-refractivity contribution is 5.82. The maximum Gasteiger partial charge on any atom is 0.307 e. The first-order valence-electron chi connectivity index (χ1n) is 12.4. The van der Waals surface area contributed by atoms with Gasteiger partial charge in [-0.25, -0.2) is 14.6 Å². The Kier molecular flexibility index (Phi) is 5.09. The minimum Gasteiger partial charge on any atom is -0.481 e. The molecular weight excluding hydrogens is 430 g/mol. The predicted octanol–water partition coefficient (Wildman–Crippen LogP) is 3.61. The second-order valence-corrected chi connectivity index (χ2v) is 10.5. The number of carbonyl (C=O) groups is 1. The van der Waals surface area contributed by atoms with E-state index in [1.54, 1.807) is 0 Å². The molecule has 0 amide bonds. The molecule has 2 aliphatic heterocycles. The van der Waals surface area contributed by atoms with Crippen LogP contribution in [-0.4, -0.2) is 55.1 Å². The largest absolute Gasteiger partial charge is 0.481 e. The zero-order valence-electron chi connectivity index (χ0n) is 19.7. The Hall–Kier alpha value is -3.00. The van der Waals surface area contributed by atoms with Gasteiger partial charge in [0.2, 0.25) is 0 Å². The summed E-state index contributed by atoms with van der Waals surface area (Å²) < 4.78 is 1.90. The molecule has 2 N–H and O–H groups in total. The third kappa shape index (κ3) is 3.55. The first-order valence-corrected chi connectivity index (χ1v) is 12.4. The Morgan fingerprint density at radius 2 is 1.71 bits per heavy atom. The molecule has 2 bridgehead atoms. The molecule has 4 aliphatic rings. The van der Waals surface area contributed by atoms with Crippen molar-refractivity contribution in [3.63, 3.8) is 0 Å². The summed E-state index contributed by atoms with van der Waals surface area (Å²) in [6.45, 7) is 5.50. The van der Waals surface area contributed by atoms with Gasteiger partial charge >= 0.3 is 5.97 Å². The Bertz CT molecular complexity index is 1250. The van der Waals surface area contributed by atoms with Crippen molar-refractivity contribution in [3.05, 3.63) is 41.3 Å². The van der Waals surface area contributed by atoms with Crippen molar-refractivity contribution in [2.24, 2.45) is 17.8 Å². The number of fused-ring (bicyclic) bond motifs is 3. The lowest BCUT2D eigenvalue weighted by Gasteiger charge is -2.52. The van der Waals surface area contributed by atoms with Gasteiger partial charge in [0.15, 0.2) is 5.82 Å². The zero-order chi connectivity index (χ0) is 23.6. The predicted molar refractivity (Wildman–Crippen MR) is 128 cm³/mol. The van der Waals surface area contributed by atoms with E-state index in [-0.39, 0.29) is 23.9 Å². The quantitative estimate of drug-likeness (QED) is 0.612. The zero-order valence-corrected chi connectivity index (χ0v) is 19.7. The number of aliphatic hydroxyl groups excluding tert-OH is 1. The van der Waals surface area contributed by atoms with E-state index < -0.39 is 5.97 Å². The SMILES string of the molecule is Cc1nc(N2CC3CC(C2)C3C(=O)O)cc(-n2ncc3cc(C)c(C4CCC(O)CC4)cc32)n1. The number of nitrogens with zero attached hydrogens (tertiary/aromatic N) is 5. The smallest absolute Gasteiger partial charge is 0.307 e. The van der Waals surface area contributed by atoms with Crippen LogP contribution in [0.3, 0.4) is 0 Å². The molecule has 7 rings (SSSR count). The van der Waals surface area contributed by atoms with Crippen LogP contribution in [0.4, 0.5) is 5.82 Å². The van der Waals surface area contributed by atoms with Gasteiger partial charge in [0, 0.05) is 24.5 Å². The number of aromatic nitrogens is 4. The number of anilines is 1. The van der Waals surface area contributed by atoms with Crippen molar-refractivity contribution in [2.45, 2.75) is 58.0 Å². The standard InChI is InChI=1S/C26H31N5O3/c1-14-7-17-11-27-31(22(17)9-21(14)16-3-5-20(32)6-4-16)24-10-23(28-15(2)29-24)30-12-18-8-19(13-30)25(18)26(33)34/h7,9-11,16,18-20,25,32H,3-6,8,12-13H2,1-2H3,(H,33,34). The highest BCUT2D eigenvalue weighted by Crippen LogP contribution is 2.46. The number of aliphatic carboxylic acids is 1. The van der Waals surface area contributed by atoms with E-state index in [1.807, 2.05) is 23.9 Å². The van der Waals surface area contributed by atoms with Crippen molar-refractivity contribution >= 4 is 22.7 Å². The molecular formula is C26H31N5O3. The molecule has 1 aromatic carbocycles. The lowest BCUT2D eigenvalue weighted by molar-refractivity contribution is -0.153. The Labute approximate surface area is 198 Å². The van der Waals surface area contributed by atoms with Crippen molar-refractivity contribution in [3.8, 4) is 5.82 Å². The highest BCUT2D eigenvalue weighted by Gasteiger charge is 2.50. The highest BCUT2D eigenvalue weighted by atomic mass is 16.4. The maximum atomic E-state index is 11.5. The summed E-state index contributed by atoms with van der Waals surface area (Å²) in [7, 11) is 0. The summed E-state index contributed by atoms with van der Waals surface area (Å²) in [5.41, 5.74) is 3.64. The van der Waals surface area contributed by atoms with Crippen LogP contribution >= 0.6 is 0 Å². The van der Waals surface area contributed by atoms with Crippen LogP contribution in [0.1, 0.15) is 55.0 Å². The minimum absolute atomic E-state index is 0.167. The number of benzene rings is 1. The molecule has 0 spiro atoms. The van der Waals surface area contributed by atoms with Crippen molar-refractivity contribution in [1.82, 2.24) is 19.7 Å². The lowest BCUT2D eigenvalue weighted by atomic mass is 9.61. The van der Waals surface area contributed by atoms with Crippen LogP contribution < -0.4 is 4.90 Å². The number of aryl methyl sites for hydroxylation is 2.